The van der Waals surface area contributed by atoms with E-state index >= 15 is 0 Å². The van der Waals surface area contributed by atoms with Crippen molar-refractivity contribution in [2.45, 2.75) is 19.6 Å². The minimum absolute atomic E-state index is 0.0251. The number of halogens is 3. The van der Waals surface area contributed by atoms with Crippen LogP contribution in [0.2, 0.25) is 0 Å². The van der Waals surface area contributed by atoms with Gasteiger partial charge in [-0.15, -0.1) is 5.10 Å². The summed E-state index contributed by atoms with van der Waals surface area (Å²) in [5.74, 6) is 0.0251. The van der Waals surface area contributed by atoms with Gasteiger partial charge in [-0.1, -0.05) is 0 Å². The van der Waals surface area contributed by atoms with E-state index in [4.69, 9.17) is 11.8 Å². The third-order valence-electron chi connectivity index (χ3n) is 1.45. The van der Waals surface area contributed by atoms with Crippen LogP contribution in [-0.4, -0.2) is 34.3 Å². The number of nitrogens with zero attached hydrogens (tertiary/aromatic N) is 3. The number of hydrogen-bond acceptors (Lipinski definition) is 4. The Morgan fingerprint density at radius 3 is 2.67 bits per heavy atom. The van der Waals surface area contributed by atoms with Crippen LogP contribution in [0.15, 0.2) is 5.10 Å². The molecule has 7 heteroatoms. The highest BCUT2D eigenvalue weighted by atomic mass is 35.5. The number of carbonyl (C=O) groups is 1. The summed E-state index contributed by atoms with van der Waals surface area (Å²) in [6, 6.07) is 0. The van der Waals surface area contributed by atoms with Crippen LogP contribution in [0.3, 0.4) is 0 Å². The summed E-state index contributed by atoms with van der Waals surface area (Å²) in [7, 11) is 0. The Kier molecular flexibility index (Phi) is 2.46. The van der Waals surface area contributed by atoms with E-state index in [0.717, 1.165) is 0 Å². The van der Waals surface area contributed by atoms with E-state index in [1.807, 2.05) is 0 Å². The first-order chi connectivity index (χ1) is 5.57. The van der Waals surface area contributed by atoms with Gasteiger partial charge in [0, 0.05) is 11.8 Å². The molecule has 0 amide bonds. The molecule has 0 aromatic rings. The van der Waals surface area contributed by atoms with E-state index in [2.05, 4.69) is 5.10 Å². The first-order valence-electron chi connectivity index (χ1n) is 3.10. The van der Waals surface area contributed by atoms with E-state index in [-0.39, 0.29) is 5.84 Å². The number of hydrazone groups is 1. The summed E-state index contributed by atoms with van der Waals surface area (Å²) in [4.78, 5) is 10.8. The van der Waals surface area contributed by atoms with Crippen LogP contribution in [0.5, 0.6) is 0 Å². The Morgan fingerprint density at radius 2 is 2.33 bits per heavy atom. The maximum Gasteiger partial charge on any atom is 0.318 e. The molecular formula is C5H6ClF2N3O. The zero-order chi connectivity index (χ0) is 9.30. The van der Waals surface area contributed by atoms with Crippen molar-refractivity contribution < 1.29 is 13.6 Å². The van der Waals surface area contributed by atoms with Crippen LogP contribution in [0, 0.1) is 0 Å². The summed E-state index contributed by atoms with van der Waals surface area (Å²) < 4.78 is 25.1. The molecule has 0 bridgehead atoms. The number of alkyl halides is 2. The van der Waals surface area contributed by atoms with Crippen molar-refractivity contribution in [2.24, 2.45) is 5.10 Å². The largest absolute Gasteiger partial charge is 0.318 e. The van der Waals surface area contributed by atoms with Crippen molar-refractivity contribution in [3.63, 3.8) is 0 Å². The molecular weight excluding hydrogens is 192 g/mol. The Labute approximate surface area is 72.5 Å². The smallest absolute Gasteiger partial charge is 0.299 e. The zero-order valence-corrected chi connectivity index (χ0v) is 6.87. The molecule has 1 aliphatic heterocycles. The van der Waals surface area contributed by atoms with Gasteiger partial charge in [-0.2, -0.15) is 13.3 Å². The van der Waals surface area contributed by atoms with Gasteiger partial charge in [0.15, 0.2) is 12.5 Å². The van der Waals surface area contributed by atoms with E-state index < -0.39 is 12.7 Å². The van der Waals surface area contributed by atoms with Crippen molar-refractivity contribution >= 4 is 23.9 Å². The number of amidine groups is 1. The molecule has 0 radical (unpaired) electrons. The lowest BCUT2D eigenvalue weighted by Crippen LogP contribution is -2.42. The fourth-order valence-electron chi connectivity index (χ4n) is 0.916. The van der Waals surface area contributed by atoms with Gasteiger partial charge in [-0.25, -0.2) is 0 Å². The maximum atomic E-state index is 12.2. The standard InChI is InChI=1S/C5H6ClF2N3O/c1-3-9-11(6)4(2-12)10(3)5(7)8/h2,4-5H,1H3. The highest BCUT2D eigenvalue weighted by Gasteiger charge is 2.36. The van der Waals surface area contributed by atoms with Crippen LogP contribution >= 0.6 is 11.8 Å². The second-order valence-corrected chi connectivity index (χ2v) is 2.52. The van der Waals surface area contributed by atoms with Crippen LogP contribution in [0.25, 0.3) is 0 Å². The fourth-order valence-corrected chi connectivity index (χ4v) is 1.17. The number of aldehydes is 1. The first-order valence-corrected chi connectivity index (χ1v) is 3.43. The van der Waals surface area contributed by atoms with E-state index in [1.54, 1.807) is 0 Å². The van der Waals surface area contributed by atoms with Gasteiger partial charge in [0.05, 0.1) is 0 Å². The summed E-state index contributed by atoms with van der Waals surface area (Å²) in [5, 5.41) is 3.47. The topological polar surface area (TPSA) is 35.9 Å². The molecule has 1 heterocycles. The second kappa shape index (κ2) is 3.22. The monoisotopic (exact) mass is 197 g/mol. The maximum absolute atomic E-state index is 12.2. The molecule has 4 nitrogen and oxygen atoms in total. The Hall–Kier alpha value is -0.910. The number of hydrogen-bond donors (Lipinski definition) is 0. The zero-order valence-electron chi connectivity index (χ0n) is 6.12. The molecule has 0 aromatic heterocycles. The van der Waals surface area contributed by atoms with Crippen molar-refractivity contribution in [1.29, 1.82) is 0 Å². The first kappa shape index (κ1) is 9.18. The van der Waals surface area contributed by atoms with Crippen LogP contribution in [0.4, 0.5) is 8.78 Å². The van der Waals surface area contributed by atoms with Gasteiger partial charge in [0.1, 0.15) is 5.84 Å². The quantitative estimate of drug-likeness (QED) is 0.374. The third kappa shape index (κ3) is 1.34. The SMILES string of the molecule is CC1=NN(Cl)C(C=O)N1C(F)F. The predicted molar refractivity (Wildman–Crippen MR) is 38.5 cm³/mol. The van der Waals surface area contributed by atoms with E-state index in [1.165, 1.54) is 6.92 Å². The average molecular weight is 198 g/mol. The van der Waals surface area contributed by atoms with Crippen molar-refractivity contribution in [2.75, 3.05) is 0 Å². The van der Waals surface area contributed by atoms with Gasteiger partial charge < -0.3 is 0 Å². The van der Waals surface area contributed by atoms with E-state index in [0.29, 0.717) is 15.7 Å². The lowest BCUT2D eigenvalue weighted by atomic mass is 10.5. The van der Waals surface area contributed by atoms with Gasteiger partial charge in [-0.05, 0) is 6.92 Å². The summed E-state index contributed by atoms with van der Waals surface area (Å²) in [6.45, 7) is -1.42. The summed E-state index contributed by atoms with van der Waals surface area (Å²) in [6.07, 6.45) is -0.897. The molecule has 0 fully saturated rings. The molecule has 0 aliphatic carbocycles. The Bertz CT molecular complexity index is 223. The molecule has 1 aliphatic rings. The minimum Gasteiger partial charge on any atom is -0.299 e. The molecule has 1 atom stereocenters. The minimum atomic E-state index is -2.77. The Balaban J connectivity index is 2.83. The molecule has 68 valence electrons. The molecule has 0 saturated carbocycles. The predicted octanol–water partition coefficient (Wildman–Crippen LogP) is 0.839. The molecule has 0 spiro atoms. The third-order valence-corrected chi connectivity index (χ3v) is 1.72. The van der Waals surface area contributed by atoms with Crippen molar-refractivity contribution in [3.8, 4) is 0 Å². The van der Waals surface area contributed by atoms with E-state index in [9.17, 15) is 13.6 Å². The normalized spacial score (nSPS) is 23.4. The fraction of sp³-hybridized carbons (Fsp3) is 0.600. The average Bonchev–Trinajstić information content (AvgIpc) is 2.24. The van der Waals surface area contributed by atoms with Crippen molar-refractivity contribution in [3.05, 3.63) is 0 Å². The molecule has 0 N–H and O–H groups in total. The van der Waals surface area contributed by atoms with Crippen molar-refractivity contribution in [1.82, 2.24) is 9.43 Å². The molecule has 1 rings (SSSR count). The number of carbonyl (C=O) groups excluding carboxylic acids is 1. The van der Waals surface area contributed by atoms with Crippen LogP contribution < -0.4 is 0 Å². The van der Waals surface area contributed by atoms with Crippen LogP contribution in [-0.2, 0) is 4.79 Å². The van der Waals surface area contributed by atoms with Gasteiger partial charge in [0.25, 0.3) is 0 Å². The molecule has 0 saturated heterocycles. The lowest BCUT2D eigenvalue weighted by Gasteiger charge is -2.22. The van der Waals surface area contributed by atoms with Gasteiger partial charge >= 0.3 is 6.55 Å². The molecule has 0 aromatic carbocycles. The van der Waals surface area contributed by atoms with Crippen LogP contribution in [0.1, 0.15) is 6.92 Å². The highest BCUT2D eigenvalue weighted by Crippen LogP contribution is 2.21. The summed E-state index contributed by atoms with van der Waals surface area (Å²) in [5.41, 5.74) is 0. The molecule has 12 heavy (non-hydrogen) atoms. The Morgan fingerprint density at radius 1 is 1.75 bits per heavy atom. The molecule has 1 unspecified atom stereocenters. The van der Waals surface area contributed by atoms with Gasteiger partial charge in [0.2, 0.25) is 0 Å². The number of rotatable bonds is 2. The highest BCUT2D eigenvalue weighted by molar-refractivity contribution is 6.15. The van der Waals surface area contributed by atoms with Gasteiger partial charge in [-0.3, -0.25) is 9.69 Å². The lowest BCUT2D eigenvalue weighted by molar-refractivity contribution is -0.118. The second-order valence-electron chi connectivity index (χ2n) is 2.17. The summed E-state index contributed by atoms with van der Waals surface area (Å²) >= 11 is 5.35.